The summed E-state index contributed by atoms with van der Waals surface area (Å²) in [6, 6.07) is 18.9. The van der Waals surface area contributed by atoms with Crippen LogP contribution in [0.1, 0.15) is 66.3 Å². The highest BCUT2D eigenvalue weighted by Crippen LogP contribution is 2.59. The zero-order valence-corrected chi connectivity index (χ0v) is 18.2. The minimum atomic E-state index is -0.219. The first-order valence-electron chi connectivity index (χ1n) is 11.8. The van der Waals surface area contributed by atoms with Gasteiger partial charge in [0.2, 0.25) is 0 Å². The van der Waals surface area contributed by atoms with Gasteiger partial charge in [0, 0.05) is 23.1 Å². The molecule has 0 aliphatic carbocycles. The molecule has 0 spiro atoms. The first-order valence-corrected chi connectivity index (χ1v) is 11.8. The molecule has 3 aliphatic rings. The van der Waals surface area contributed by atoms with Crippen molar-refractivity contribution in [3.8, 4) is 0 Å². The highest BCUT2D eigenvalue weighted by atomic mass is 16.5. The van der Waals surface area contributed by atoms with Crippen LogP contribution in [0.5, 0.6) is 0 Å². The lowest BCUT2D eigenvalue weighted by molar-refractivity contribution is -0.0445. The summed E-state index contributed by atoms with van der Waals surface area (Å²) in [5.74, 6) is -0.219. The lowest BCUT2D eigenvalue weighted by Crippen LogP contribution is -2.53. The van der Waals surface area contributed by atoms with Crippen molar-refractivity contribution in [1.82, 2.24) is 9.47 Å². The minimum absolute atomic E-state index is 0.190. The minimum Gasteiger partial charge on any atom is -0.460 e. The summed E-state index contributed by atoms with van der Waals surface area (Å²) in [5, 5.41) is 1.40. The Morgan fingerprint density at radius 3 is 2.74 bits per heavy atom. The Kier molecular flexibility index (Phi) is 4.46. The Hall–Kier alpha value is -2.59. The molecule has 0 unspecified atom stereocenters. The molecule has 4 heterocycles. The van der Waals surface area contributed by atoms with Crippen LogP contribution < -0.4 is 0 Å². The van der Waals surface area contributed by atoms with Crippen LogP contribution in [0.4, 0.5) is 0 Å². The van der Waals surface area contributed by atoms with E-state index >= 15 is 0 Å². The predicted octanol–water partition coefficient (Wildman–Crippen LogP) is 5.53. The number of aromatic nitrogens is 1. The van der Waals surface area contributed by atoms with Crippen molar-refractivity contribution in [2.24, 2.45) is 5.41 Å². The van der Waals surface area contributed by atoms with E-state index in [1.165, 1.54) is 54.5 Å². The van der Waals surface area contributed by atoms with Crippen molar-refractivity contribution in [2.45, 2.75) is 51.1 Å². The van der Waals surface area contributed by atoms with Crippen molar-refractivity contribution in [3.63, 3.8) is 0 Å². The van der Waals surface area contributed by atoms with Gasteiger partial charge in [-0.25, -0.2) is 4.79 Å². The third-order valence-electron chi connectivity index (χ3n) is 8.16. The summed E-state index contributed by atoms with van der Waals surface area (Å²) in [6.07, 6.45) is 5.93. The van der Waals surface area contributed by atoms with Crippen LogP contribution in [0.2, 0.25) is 0 Å². The standard InChI is InChI=1S/C27H30N2O2/c1-2-27-14-8-15-28-16-13-22-21-11-6-7-12-23(21)29(24(22)25(27)28)20(17-27)18-31-26(30)19-9-4-3-5-10-19/h3-7,9-12,20,25H,2,8,13-18H2,1H3/t20-,25+,27-/m0/s1. The van der Waals surface area contributed by atoms with Crippen LogP contribution in [0.25, 0.3) is 10.9 Å². The Balaban J connectivity index is 1.44. The van der Waals surface area contributed by atoms with E-state index in [0.29, 0.717) is 18.2 Å². The fraction of sp³-hybridized carbons (Fsp3) is 0.444. The molecule has 3 atom stereocenters. The summed E-state index contributed by atoms with van der Waals surface area (Å²) in [6.45, 7) is 5.18. The van der Waals surface area contributed by atoms with Gasteiger partial charge in [0.05, 0.1) is 17.6 Å². The fourth-order valence-electron chi connectivity index (χ4n) is 6.80. The fourth-order valence-corrected chi connectivity index (χ4v) is 6.80. The molecule has 0 radical (unpaired) electrons. The van der Waals surface area contributed by atoms with Gasteiger partial charge in [-0.05, 0) is 67.8 Å². The number of benzene rings is 2. The van der Waals surface area contributed by atoms with Crippen molar-refractivity contribution in [1.29, 1.82) is 0 Å². The van der Waals surface area contributed by atoms with Gasteiger partial charge in [0.15, 0.2) is 0 Å². The first kappa shape index (κ1) is 19.1. The highest BCUT2D eigenvalue weighted by molar-refractivity contribution is 5.89. The SMILES string of the molecule is CC[C@]12CCCN3CCc4c(n(c5ccccc45)[C@H](COC(=O)c4ccccc4)C1)[C@@H]32. The number of nitrogens with zero attached hydrogens (tertiary/aromatic N) is 2. The maximum atomic E-state index is 12.7. The molecule has 3 aromatic rings. The number of carbonyl (C=O) groups excluding carboxylic acids is 1. The molecule has 6 rings (SSSR count). The normalized spacial score (nSPS) is 27.1. The molecule has 1 saturated heterocycles. The summed E-state index contributed by atoms with van der Waals surface area (Å²) >= 11 is 0. The van der Waals surface area contributed by atoms with Gasteiger partial charge >= 0.3 is 5.97 Å². The van der Waals surface area contributed by atoms with E-state index in [9.17, 15) is 4.79 Å². The van der Waals surface area contributed by atoms with Gasteiger partial charge in [0.1, 0.15) is 6.61 Å². The number of piperidine rings is 1. The zero-order chi connectivity index (χ0) is 21.0. The van der Waals surface area contributed by atoms with Crippen LogP contribution in [0.15, 0.2) is 54.6 Å². The average Bonchev–Trinajstić information content (AvgIpc) is 3.17. The Labute approximate surface area is 183 Å². The Morgan fingerprint density at radius 1 is 1.10 bits per heavy atom. The third kappa shape index (κ3) is 2.81. The van der Waals surface area contributed by atoms with E-state index < -0.39 is 0 Å². The highest BCUT2D eigenvalue weighted by Gasteiger charge is 2.53. The van der Waals surface area contributed by atoms with Crippen LogP contribution in [0.3, 0.4) is 0 Å². The maximum Gasteiger partial charge on any atom is 0.338 e. The van der Waals surface area contributed by atoms with Crippen LogP contribution in [0, 0.1) is 5.41 Å². The number of ether oxygens (including phenoxy) is 1. The lowest BCUT2D eigenvalue weighted by Gasteiger charge is -2.56. The van der Waals surface area contributed by atoms with Crippen molar-refractivity contribution in [2.75, 3.05) is 19.7 Å². The van der Waals surface area contributed by atoms with Gasteiger partial charge in [0.25, 0.3) is 0 Å². The molecule has 0 N–H and O–H groups in total. The summed E-state index contributed by atoms with van der Waals surface area (Å²) in [4.78, 5) is 15.5. The van der Waals surface area contributed by atoms with E-state index in [1.54, 1.807) is 0 Å². The van der Waals surface area contributed by atoms with Gasteiger partial charge in [-0.15, -0.1) is 0 Å². The summed E-state index contributed by atoms with van der Waals surface area (Å²) < 4.78 is 8.48. The Bertz CT molecular complexity index is 1130. The second-order valence-electron chi connectivity index (χ2n) is 9.58. The van der Waals surface area contributed by atoms with Crippen LogP contribution in [-0.4, -0.2) is 35.1 Å². The molecule has 4 heteroatoms. The quantitative estimate of drug-likeness (QED) is 0.526. The largest absolute Gasteiger partial charge is 0.460 e. The lowest BCUT2D eigenvalue weighted by atomic mass is 9.63. The molecule has 0 bridgehead atoms. The monoisotopic (exact) mass is 414 g/mol. The van der Waals surface area contributed by atoms with E-state index in [-0.39, 0.29) is 17.4 Å². The molecule has 160 valence electrons. The molecule has 1 aromatic heterocycles. The molecule has 1 fully saturated rings. The first-order chi connectivity index (χ1) is 15.2. The molecule has 0 amide bonds. The van der Waals surface area contributed by atoms with Gasteiger partial charge in [-0.2, -0.15) is 0 Å². The van der Waals surface area contributed by atoms with E-state index in [1.807, 2.05) is 30.3 Å². The molecule has 0 saturated carbocycles. The number of carbonyl (C=O) groups is 1. The molecule has 3 aliphatic heterocycles. The van der Waals surface area contributed by atoms with Crippen LogP contribution in [-0.2, 0) is 11.2 Å². The molecule has 4 nitrogen and oxygen atoms in total. The number of hydrogen-bond acceptors (Lipinski definition) is 3. The number of para-hydroxylation sites is 1. The average molecular weight is 415 g/mol. The van der Waals surface area contributed by atoms with Crippen molar-refractivity contribution >= 4 is 16.9 Å². The molecule has 31 heavy (non-hydrogen) atoms. The number of fused-ring (bicyclic) bond motifs is 3. The van der Waals surface area contributed by atoms with E-state index in [2.05, 4.69) is 40.7 Å². The van der Waals surface area contributed by atoms with E-state index in [0.717, 1.165) is 12.8 Å². The molecular weight excluding hydrogens is 384 g/mol. The number of esters is 1. The van der Waals surface area contributed by atoms with E-state index in [4.69, 9.17) is 4.74 Å². The third-order valence-corrected chi connectivity index (χ3v) is 8.16. The van der Waals surface area contributed by atoms with Crippen molar-refractivity contribution < 1.29 is 9.53 Å². The topological polar surface area (TPSA) is 34.5 Å². The van der Waals surface area contributed by atoms with Crippen LogP contribution >= 0.6 is 0 Å². The molecule has 2 aromatic carbocycles. The smallest absolute Gasteiger partial charge is 0.338 e. The predicted molar refractivity (Wildman–Crippen MR) is 122 cm³/mol. The maximum absolute atomic E-state index is 12.7. The van der Waals surface area contributed by atoms with Gasteiger partial charge in [-0.1, -0.05) is 43.3 Å². The summed E-state index contributed by atoms with van der Waals surface area (Å²) in [5.41, 5.74) is 5.27. The number of hydrogen-bond donors (Lipinski definition) is 0. The summed E-state index contributed by atoms with van der Waals surface area (Å²) in [7, 11) is 0. The van der Waals surface area contributed by atoms with Gasteiger partial charge in [-0.3, -0.25) is 4.90 Å². The second kappa shape index (κ2) is 7.23. The Morgan fingerprint density at radius 2 is 1.90 bits per heavy atom. The molecular formula is C27H30N2O2. The van der Waals surface area contributed by atoms with Gasteiger partial charge < -0.3 is 9.30 Å². The zero-order valence-electron chi connectivity index (χ0n) is 18.2. The number of rotatable bonds is 4. The van der Waals surface area contributed by atoms with Crippen molar-refractivity contribution in [3.05, 3.63) is 71.4 Å². The second-order valence-corrected chi connectivity index (χ2v) is 9.58.